The summed E-state index contributed by atoms with van der Waals surface area (Å²) < 4.78 is 0. The minimum atomic E-state index is 0.327. The summed E-state index contributed by atoms with van der Waals surface area (Å²) >= 11 is 0. The second-order valence-electron chi connectivity index (χ2n) is 21.4. The molecule has 0 unspecified atom stereocenters. The van der Waals surface area contributed by atoms with E-state index in [4.69, 9.17) is 0 Å². The van der Waals surface area contributed by atoms with Gasteiger partial charge in [0.15, 0.2) is 0 Å². The van der Waals surface area contributed by atoms with E-state index in [9.17, 15) is 0 Å². The Morgan fingerprint density at radius 2 is 0.636 bits per heavy atom. The van der Waals surface area contributed by atoms with E-state index in [0.29, 0.717) is 35.5 Å². The summed E-state index contributed by atoms with van der Waals surface area (Å²) in [4.78, 5) is 5.13. The van der Waals surface area contributed by atoms with Crippen LogP contribution in [0.25, 0.3) is 32.3 Å². The van der Waals surface area contributed by atoms with E-state index in [2.05, 4.69) is 199 Å². The van der Waals surface area contributed by atoms with Gasteiger partial charge in [-0.1, -0.05) is 167 Å². The van der Waals surface area contributed by atoms with Crippen LogP contribution in [-0.2, 0) is 0 Å². The highest BCUT2D eigenvalue weighted by Crippen LogP contribution is 2.51. The molecule has 2 aliphatic rings. The Morgan fingerprint density at radius 3 is 0.939 bits per heavy atom. The second kappa shape index (κ2) is 18.6. The van der Waals surface area contributed by atoms with Gasteiger partial charge in [0.05, 0.1) is 11.4 Å². The lowest BCUT2D eigenvalue weighted by Gasteiger charge is -2.32. The van der Waals surface area contributed by atoms with Gasteiger partial charge in [-0.05, 0) is 177 Å². The van der Waals surface area contributed by atoms with Gasteiger partial charge in [-0.3, -0.25) is 0 Å². The fourth-order valence-corrected chi connectivity index (χ4v) is 11.9. The van der Waals surface area contributed by atoms with Crippen molar-refractivity contribution in [1.82, 2.24) is 0 Å². The zero-order chi connectivity index (χ0) is 45.6. The molecule has 338 valence electrons. The molecule has 0 radical (unpaired) electrons. The molecule has 0 heterocycles. The maximum Gasteiger partial charge on any atom is 0.0543 e. The highest BCUT2D eigenvalue weighted by molar-refractivity contribution is 6.29. The van der Waals surface area contributed by atoms with Gasteiger partial charge in [-0.25, -0.2) is 0 Å². The van der Waals surface area contributed by atoms with E-state index in [0.717, 1.165) is 0 Å². The maximum atomic E-state index is 2.59. The lowest BCUT2D eigenvalue weighted by molar-refractivity contribution is 0.443. The fourth-order valence-electron chi connectivity index (χ4n) is 11.9. The van der Waals surface area contributed by atoms with Crippen molar-refractivity contribution in [1.29, 1.82) is 0 Å². The van der Waals surface area contributed by atoms with Crippen LogP contribution < -0.4 is 9.80 Å². The largest absolute Gasteiger partial charge is 0.310 e. The van der Waals surface area contributed by atoms with E-state index in [1.165, 1.54) is 164 Å². The average molecular weight is 869 g/mol. The zero-order valence-corrected chi connectivity index (χ0v) is 41.1. The van der Waals surface area contributed by atoms with Crippen LogP contribution in [0.1, 0.15) is 188 Å². The first kappa shape index (κ1) is 44.2. The number of nitrogens with zero attached hydrogens (tertiary/aromatic N) is 2. The van der Waals surface area contributed by atoms with Crippen LogP contribution in [-0.4, -0.2) is 0 Å². The van der Waals surface area contributed by atoms with Crippen molar-refractivity contribution in [3.63, 3.8) is 0 Å². The molecular weight excluding hydrogens is 797 g/mol. The number of benzene rings is 8. The van der Waals surface area contributed by atoms with Crippen molar-refractivity contribution < 1.29 is 0 Å². The Hall–Kier alpha value is -5.60. The van der Waals surface area contributed by atoms with Crippen LogP contribution in [0, 0.1) is 0 Å². The normalized spacial score (nSPS) is 15.4. The molecule has 10 rings (SSSR count). The first-order chi connectivity index (χ1) is 32.0. The molecule has 0 saturated heterocycles. The van der Waals surface area contributed by atoms with Crippen molar-refractivity contribution >= 4 is 66.4 Å². The fraction of sp³-hybridized carbons (Fsp3) is 0.375. The van der Waals surface area contributed by atoms with Crippen molar-refractivity contribution in [3.05, 3.63) is 167 Å². The van der Waals surface area contributed by atoms with Crippen molar-refractivity contribution in [2.75, 3.05) is 9.80 Å². The standard InChI is InChI=1S/C64H72N2/c1-41(2)45-19-27-51(28-20-45)65(52-29-21-46(22-30-52)42(3)4)61-39-59(43(5)6)55-36-38-58-62(40-60(44(7)8)56-35-37-57(61)63(55)64(56)58)66(53-31-23-49(24-32-53)47-15-11-9-12-16-47)54-33-25-50(26-34-54)48-17-13-10-14-18-48/h19-44,47-48H,9-18H2,1-8H3. The van der Waals surface area contributed by atoms with Crippen molar-refractivity contribution in [2.45, 2.75) is 155 Å². The van der Waals surface area contributed by atoms with Gasteiger partial charge >= 0.3 is 0 Å². The Kier molecular flexibility index (Phi) is 12.5. The highest BCUT2D eigenvalue weighted by atomic mass is 15.1. The molecule has 8 aromatic rings. The number of rotatable bonds is 12. The quantitative estimate of drug-likeness (QED) is 0.113. The van der Waals surface area contributed by atoms with Gasteiger partial charge < -0.3 is 9.80 Å². The van der Waals surface area contributed by atoms with Gasteiger partial charge in [-0.15, -0.1) is 0 Å². The van der Waals surface area contributed by atoms with Crippen LogP contribution in [0.15, 0.2) is 133 Å². The predicted octanol–water partition coefficient (Wildman–Crippen LogP) is 20.1. The minimum Gasteiger partial charge on any atom is -0.310 e. The van der Waals surface area contributed by atoms with E-state index in [1.807, 2.05) is 0 Å². The third kappa shape index (κ3) is 8.28. The summed E-state index contributed by atoms with van der Waals surface area (Å²) in [6.07, 6.45) is 13.4. The minimum absolute atomic E-state index is 0.327. The molecule has 0 atom stereocenters. The smallest absolute Gasteiger partial charge is 0.0543 e. The summed E-state index contributed by atoms with van der Waals surface area (Å²) in [7, 11) is 0. The van der Waals surface area contributed by atoms with E-state index < -0.39 is 0 Å². The first-order valence-electron chi connectivity index (χ1n) is 25.8. The average Bonchev–Trinajstić information content (AvgIpc) is 3.35. The highest BCUT2D eigenvalue weighted by Gasteiger charge is 2.27. The van der Waals surface area contributed by atoms with E-state index in [1.54, 1.807) is 0 Å². The van der Waals surface area contributed by atoms with Gasteiger partial charge in [0, 0.05) is 33.5 Å². The summed E-state index contributed by atoms with van der Waals surface area (Å²) in [5, 5.41) is 8.07. The monoisotopic (exact) mass is 869 g/mol. The van der Waals surface area contributed by atoms with Crippen LogP contribution in [0.3, 0.4) is 0 Å². The zero-order valence-electron chi connectivity index (χ0n) is 41.1. The molecule has 0 spiro atoms. The Balaban J connectivity index is 1.23. The molecule has 2 nitrogen and oxygen atoms in total. The maximum absolute atomic E-state index is 2.59. The predicted molar refractivity (Wildman–Crippen MR) is 288 cm³/mol. The van der Waals surface area contributed by atoms with Crippen LogP contribution >= 0.6 is 0 Å². The summed E-state index contributed by atoms with van der Waals surface area (Å²) in [5.41, 5.74) is 15.8. The van der Waals surface area contributed by atoms with E-state index in [-0.39, 0.29) is 0 Å². The molecule has 2 fully saturated rings. The number of hydrogen-bond acceptors (Lipinski definition) is 2. The van der Waals surface area contributed by atoms with Gasteiger partial charge in [0.2, 0.25) is 0 Å². The van der Waals surface area contributed by atoms with Crippen molar-refractivity contribution in [3.8, 4) is 0 Å². The summed E-state index contributed by atoms with van der Waals surface area (Å²) in [6.45, 7) is 18.6. The third-order valence-corrected chi connectivity index (χ3v) is 15.7. The van der Waals surface area contributed by atoms with Gasteiger partial charge in [0.1, 0.15) is 0 Å². The lowest BCUT2D eigenvalue weighted by atomic mass is 9.83. The Morgan fingerprint density at radius 1 is 0.333 bits per heavy atom. The van der Waals surface area contributed by atoms with Gasteiger partial charge in [-0.2, -0.15) is 0 Å². The third-order valence-electron chi connectivity index (χ3n) is 15.7. The van der Waals surface area contributed by atoms with Crippen LogP contribution in [0.5, 0.6) is 0 Å². The Labute approximate surface area is 396 Å². The molecule has 2 aliphatic carbocycles. The molecule has 0 amide bonds. The molecule has 66 heavy (non-hydrogen) atoms. The number of hydrogen-bond donors (Lipinski definition) is 0. The summed E-state index contributed by atoms with van der Waals surface area (Å²) in [6, 6.07) is 53.0. The van der Waals surface area contributed by atoms with Gasteiger partial charge in [0.25, 0.3) is 0 Å². The Bertz CT molecular complexity index is 2790. The lowest BCUT2D eigenvalue weighted by Crippen LogP contribution is -2.13. The first-order valence-corrected chi connectivity index (χ1v) is 25.8. The van der Waals surface area contributed by atoms with Crippen molar-refractivity contribution in [2.24, 2.45) is 0 Å². The second-order valence-corrected chi connectivity index (χ2v) is 21.4. The molecule has 2 heteroatoms. The molecule has 2 saturated carbocycles. The van der Waals surface area contributed by atoms with Crippen LogP contribution in [0.2, 0.25) is 0 Å². The van der Waals surface area contributed by atoms with E-state index >= 15 is 0 Å². The molecule has 8 aromatic carbocycles. The van der Waals surface area contributed by atoms with Crippen LogP contribution in [0.4, 0.5) is 34.1 Å². The SMILES string of the molecule is CC(C)c1ccc(N(c2ccc(C(C)C)cc2)c2cc(C(C)C)c3ccc4c(N(c5ccc(C6CCCCC6)cc5)c5ccc(C6CCCCC6)cc5)cc(C(C)C)c5ccc2c3c54)cc1. The molecule has 0 bridgehead atoms. The molecule has 0 aliphatic heterocycles. The molecule has 0 N–H and O–H groups in total. The number of anilines is 6. The molecular formula is C64H72N2. The molecule has 0 aromatic heterocycles. The topological polar surface area (TPSA) is 6.48 Å². The summed E-state index contributed by atoms with van der Waals surface area (Å²) in [5.74, 6) is 2.93.